The van der Waals surface area contributed by atoms with E-state index in [-0.39, 0.29) is 16.7 Å². The second kappa shape index (κ2) is 9.74. The standard InChI is InChI=1S/C29H30N2O4/c1-5-17-35-23-8-6-7-20(18-23)26(32)24-25(19-13-15-30-16-14-19)31(28(34)27(24)33)22-11-9-21(10-12-22)29(2,3)4/h6-16,18,25,32H,5,17H2,1-4H3/b26-24+. The van der Waals surface area contributed by atoms with Crippen molar-refractivity contribution in [1.29, 1.82) is 0 Å². The van der Waals surface area contributed by atoms with Gasteiger partial charge in [-0.3, -0.25) is 19.5 Å². The van der Waals surface area contributed by atoms with Crippen LogP contribution in [0, 0.1) is 0 Å². The number of Topliss-reactive ketones (excluding diaryl/α,β-unsaturated/α-hetero) is 1. The van der Waals surface area contributed by atoms with Crippen molar-refractivity contribution in [3.05, 3.63) is 95.3 Å². The Kier molecular flexibility index (Phi) is 6.74. The van der Waals surface area contributed by atoms with E-state index in [1.807, 2.05) is 31.2 Å². The zero-order valence-corrected chi connectivity index (χ0v) is 20.5. The lowest BCUT2D eigenvalue weighted by molar-refractivity contribution is -0.132. The first kappa shape index (κ1) is 24.2. The summed E-state index contributed by atoms with van der Waals surface area (Å²) in [6.45, 7) is 8.89. The first-order chi connectivity index (χ1) is 16.7. The van der Waals surface area contributed by atoms with Crippen molar-refractivity contribution in [3.8, 4) is 5.75 Å². The van der Waals surface area contributed by atoms with Crippen LogP contribution in [-0.2, 0) is 15.0 Å². The predicted molar refractivity (Wildman–Crippen MR) is 136 cm³/mol. The van der Waals surface area contributed by atoms with Crippen LogP contribution >= 0.6 is 0 Å². The van der Waals surface area contributed by atoms with Crippen LogP contribution in [0.3, 0.4) is 0 Å². The highest BCUT2D eigenvalue weighted by Crippen LogP contribution is 2.42. The molecule has 1 aliphatic rings. The van der Waals surface area contributed by atoms with Crippen LogP contribution in [0.5, 0.6) is 5.75 Å². The zero-order valence-electron chi connectivity index (χ0n) is 20.5. The number of benzene rings is 2. The molecule has 0 spiro atoms. The Morgan fingerprint density at radius 2 is 1.71 bits per heavy atom. The molecule has 1 amide bonds. The molecule has 0 radical (unpaired) electrons. The summed E-state index contributed by atoms with van der Waals surface area (Å²) in [4.78, 5) is 32.2. The molecule has 2 heterocycles. The van der Waals surface area contributed by atoms with E-state index in [1.165, 1.54) is 4.90 Å². The Labute approximate surface area is 205 Å². The number of ether oxygens (including phenoxy) is 1. The van der Waals surface area contributed by atoms with Crippen LogP contribution < -0.4 is 9.64 Å². The van der Waals surface area contributed by atoms with Gasteiger partial charge in [-0.2, -0.15) is 0 Å². The topological polar surface area (TPSA) is 79.7 Å². The summed E-state index contributed by atoms with van der Waals surface area (Å²) >= 11 is 0. The molecular weight excluding hydrogens is 440 g/mol. The fourth-order valence-electron chi connectivity index (χ4n) is 4.19. The SMILES string of the molecule is CCCOc1cccc(/C(O)=C2\C(=O)C(=O)N(c3ccc(C(C)(C)C)cc3)C2c2ccncc2)c1. The summed E-state index contributed by atoms with van der Waals surface area (Å²) in [5.41, 5.74) is 2.77. The van der Waals surface area contributed by atoms with Gasteiger partial charge >= 0.3 is 0 Å². The van der Waals surface area contributed by atoms with Crippen molar-refractivity contribution in [2.24, 2.45) is 0 Å². The fraction of sp³-hybridized carbons (Fsp3) is 0.276. The second-order valence-corrected chi connectivity index (χ2v) is 9.62. The molecule has 6 heteroatoms. The average molecular weight is 471 g/mol. The molecule has 2 aromatic carbocycles. The number of hydrogen-bond donors (Lipinski definition) is 1. The Morgan fingerprint density at radius 3 is 2.34 bits per heavy atom. The van der Waals surface area contributed by atoms with Gasteiger partial charge in [0.15, 0.2) is 0 Å². The van der Waals surface area contributed by atoms with Gasteiger partial charge < -0.3 is 9.84 Å². The number of hydrogen-bond acceptors (Lipinski definition) is 5. The van der Waals surface area contributed by atoms with E-state index in [0.29, 0.717) is 29.2 Å². The van der Waals surface area contributed by atoms with Crippen LogP contribution in [0.15, 0.2) is 78.6 Å². The number of ketones is 1. The maximum absolute atomic E-state index is 13.3. The van der Waals surface area contributed by atoms with Gasteiger partial charge in [0.25, 0.3) is 11.7 Å². The molecule has 0 bridgehead atoms. The highest BCUT2D eigenvalue weighted by Gasteiger charge is 2.47. The third-order valence-electron chi connectivity index (χ3n) is 6.06. The minimum atomic E-state index is -0.793. The molecule has 0 saturated carbocycles. The molecule has 1 aromatic heterocycles. The van der Waals surface area contributed by atoms with Crippen molar-refractivity contribution < 1.29 is 19.4 Å². The summed E-state index contributed by atoms with van der Waals surface area (Å²) in [5, 5.41) is 11.3. The van der Waals surface area contributed by atoms with Gasteiger partial charge in [-0.05, 0) is 59.4 Å². The average Bonchev–Trinajstić information content (AvgIpc) is 3.13. The molecule has 1 N–H and O–H groups in total. The quantitative estimate of drug-likeness (QED) is 0.280. The van der Waals surface area contributed by atoms with Crippen molar-refractivity contribution in [2.45, 2.75) is 45.6 Å². The van der Waals surface area contributed by atoms with E-state index in [2.05, 4.69) is 25.8 Å². The van der Waals surface area contributed by atoms with Gasteiger partial charge in [-0.15, -0.1) is 0 Å². The Bertz CT molecular complexity index is 1260. The van der Waals surface area contributed by atoms with Crippen LogP contribution in [0.1, 0.15) is 56.8 Å². The molecule has 1 saturated heterocycles. The first-order valence-electron chi connectivity index (χ1n) is 11.8. The van der Waals surface area contributed by atoms with E-state index < -0.39 is 17.7 Å². The molecule has 6 nitrogen and oxygen atoms in total. The molecule has 1 atom stereocenters. The second-order valence-electron chi connectivity index (χ2n) is 9.62. The van der Waals surface area contributed by atoms with Gasteiger partial charge in [-0.1, -0.05) is 52.0 Å². The third-order valence-corrected chi connectivity index (χ3v) is 6.06. The van der Waals surface area contributed by atoms with E-state index >= 15 is 0 Å². The normalized spacial score (nSPS) is 17.6. The molecule has 4 rings (SSSR count). The number of aliphatic hydroxyl groups is 1. The lowest BCUT2D eigenvalue weighted by atomic mass is 9.87. The van der Waals surface area contributed by atoms with Crippen LogP contribution in [-0.4, -0.2) is 28.4 Å². The molecule has 0 aliphatic carbocycles. The first-order valence-corrected chi connectivity index (χ1v) is 11.8. The minimum absolute atomic E-state index is 0.0359. The Morgan fingerprint density at radius 1 is 1.03 bits per heavy atom. The summed E-state index contributed by atoms with van der Waals surface area (Å²) < 4.78 is 5.69. The summed E-state index contributed by atoms with van der Waals surface area (Å²) in [7, 11) is 0. The highest BCUT2D eigenvalue weighted by atomic mass is 16.5. The minimum Gasteiger partial charge on any atom is -0.507 e. The van der Waals surface area contributed by atoms with Gasteiger partial charge in [0, 0.05) is 23.6 Å². The van der Waals surface area contributed by atoms with Crippen LogP contribution in [0.25, 0.3) is 5.76 Å². The number of aromatic nitrogens is 1. The molecular formula is C29H30N2O4. The number of anilines is 1. The number of carbonyl (C=O) groups excluding carboxylic acids is 2. The van der Waals surface area contributed by atoms with Gasteiger partial charge in [-0.25, -0.2) is 0 Å². The smallest absolute Gasteiger partial charge is 0.300 e. The van der Waals surface area contributed by atoms with E-state index in [4.69, 9.17) is 4.74 Å². The third kappa shape index (κ3) is 4.83. The van der Waals surface area contributed by atoms with E-state index in [1.54, 1.807) is 48.8 Å². The molecule has 1 unspecified atom stereocenters. The lowest BCUT2D eigenvalue weighted by Gasteiger charge is -2.26. The molecule has 180 valence electrons. The van der Waals surface area contributed by atoms with Crippen LogP contribution in [0.4, 0.5) is 5.69 Å². The number of nitrogens with zero attached hydrogens (tertiary/aromatic N) is 2. The molecule has 3 aromatic rings. The fourth-order valence-corrected chi connectivity index (χ4v) is 4.19. The highest BCUT2D eigenvalue weighted by molar-refractivity contribution is 6.51. The van der Waals surface area contributed by atoms with Crippen molar-refractivity contribution in [1.82, 2.24) is 4.98 Å². The maximum atomic E-state index is 13.3. The number of aliphatic hydroxyl groups excluding tert-OH is 1. The van der Waals surface area contributed by atoms with Crippen molar-refractivity contribution >= 4 is 23.1 Å². The van der Waals surface area contributed by atoms with E-state index in [9.17, 15) is 14.7 Å². The predicted octanol–water partition coefficient (Wildman–Crippen LogP) is 5.79. The lowest BCUT2D eigenvalue weighted by Crippen LogP contribution is -2.29. The number of rotatable bonds is 6. The zero-order chi connectivity index (χ0) is 25.2. The van der Waals surface area contributed by atoms with Crippen LogP contribution in [0.2, 0.25) is 0 Å². The number of pyridine rings is 1. The number of carbonyl (C=O) groups is 2. The van der Waals surface area contributed by atoms with Gasteiger partial charge in [0.05, 0.1) is 18.2 Å². The molecule has 1 fully saturated rings. The van der Waals surface area contributed by atoms with Crippen molar-refractivity contribution in [3.63, 3.8) is 0 Å². The summed E-state index contributed by atoms with van der Waals surface area (Å²) in [6.07, 6.45) is 4.06. The summed E-state index contributed by atoms with van der Waals surface area (Å²) in [6, 6.07) is 17.3. The van der Waals surface area contributed by atoms with Gasteiger partial charge in [0.1, 0.15) is 11.5 Å². The van der Waals surface area contributed by atoms with Gasteiger partial charge in [0.2, 0.25) is 0 Å². The Balaban J connectivity index is 1.85. The Hall–Kier alpha value is -3.93. The molecule has 35 heavy (non-hydrogen) atoms. The summed E-state index contributed by atoms with van der Waals surface area (Å²) in [5.74, 6) is -1.07. The number of amides is 1. The van der Waals surface area contributed by atoms with E-state index in [0.717, 1.165) is 12.0 Å². The largest absolute Gasteiger partial charge is 0.507 e. The molecule has 1 aliphatic heterocycles. The van der Waals surface area contributed by atoms with Crippen molar-refractivity contribution in [2.75, 3.05) is 11.5 Å². The maximum Gasteiger partial charge on any atom is 0.300 e. The monoisotopic (exact) mass is 470 g/mol.